The van der Waals surface area contributed by atoms with Gasteiger partial charge in [0, 0.05) is 40.5 Å². The molecule has 0 saturated carbocycles. The van der Waals surface area contributed by atoms with Crippen molar-refractivity contribution in [2.24, 2.45) is 0 Å². The van der Waals surface area contributed by atoms with Crippen molar-refractivity contribution < 1.29 is 37.2 Å². The van der Waals surface area contributed by atoms with Crippen LogP contribution >= 0.6 is 0 Å². The summed E-state index contributed by atoms with van der Waals surface area (Å²) in [5, 5.41) is 8.70. The molecule has 1 aromatic carbocycles. The quantitative estimate of drug-likeness (QED) is 0.216. The minimum Gasteiger partial charge on any atom is -0.437 e. The Bertz CT molecular complexity index is 2030. The number of nitrogens with zero attached hydrogens (tertiary/aromatic N) is 4. The number of amides is 2. The van der Waals surface area contributed by atoms with Gasteiger partial charge in [0.15, 0.2) is 5.82 Å². The summed E-state index contributed by atoms with van der Waals surface area (Å²) < 4.78 is 82.6. The van der Waals surface area contributed by atoms with E-state index in [1.165, 1.54) is 32.3 Å². The van der Waals surface area contributed by atoms with E-state index in [0.717, 1.165) is 12.5 Å². The van der Waals surface area contributed by atoms with E-state index in [0.29, 0.717) is 5.56 Å². The Morgan fingerprint density at radius 3 is 2.45 bits per heavy atom. The normalized spacial score (nSPS) is 14.7. The van der Waals surface area contributed by atoms with Crippen LogP contribution in [0.3, 0.4) is 0 Å². The summed E-state index contributed by atoms with van der Waals surface area (Å²) in [7, 11) is 1.42. The first-order valence-electron chi connectivity index (χ1n) is 15.3. The van der Waals surface area contributed by atoms with Gasteiger partial charge >= 0.3 is 6.18 Å². The molecular formula is C31H29F3N6O4. The van der Waals surface area contributed by atoms with Crippen molar-refractivity contribution >= 4 is 22.9 Å². The van der Waals surface area contributed by atoms with E-state index in [1.807, 2.05) is 19.1 Å². The summed E-state index contributed by atoms with van der Waals surface area (Å²) in [6.45, 7) is 1.62. The Morgan fingerprint density at radius 1 is 1.07 bits per heavy atom. The standard InChI is InChI=1S/C31H29F3N6O4/c1-16-6-8-18(9-7-16)25-24(27(42)35-5)22-13-21(23(38-28(22)44-25)10-11-31(32,33)34)19-12-20(17(2)36-14-19)26(41)39-30(3,4)29-37-15-43-40-29/h6-9,12-15H,10-11H2,1-5H3,(H,35,42)(H,39,41)/i3D3,15D. The molecule has 0 aliphatic heterocycles. The third-order valence-corrected chi connectivity index (χ3v) is 6.95. The van der Waals surface area contributed by atoms with E-state index in [4.69, 9.17) is 9.90 Å². The van der Waals surface area contributed by atoms with Crippen LogP contribution in [0.1, 0.15) is 69.2 Å². The lowest BCUT2D eigenvalue weighted by Crippen LogP contribution is -2.42. The number of pyridine rings is 2. The van der Waals surface area contributed by atoms with Gasteiger partial charge in [-0.1, -0.05) is 35.0 Å². The summed E-state index contributed by atoms with van der Waals surface area (Å²) in [6.07, 6.45) is -5.64. The number of halogens is 3. The number of nitrogens with one attached hydrogen (secondary N) is 2. The van der Waals surface area contributed by atoms with Gasteiger partial charge in [0.25, 0.3) is 11.8 Å². The van der Waals surface area contributed by atoms with Gasteiger partial charge in [-0.25, -0.2) is 4.98 Å². The van der Waals surface area contributed by atoms with Crippen LogP contribution < -0.4 is 10.6 Å². The molecule has 0 saturated heterocycles. The Morgan fingerprint density at radius 2 is 1.82 bits per heavy atom. The summed E-state index contributed by atoms with van der Waals surface area (Å²) in [5.74, 6) is -1.74. The van der Waals surface area contributed by atoms with Gasteiger partial charge in [-0.05, 0) is 46.2 Å². The molecule has 0 radical (unpaired) electrons. The third-order valence-electron chi connectivity index (χ3n) is 6.95. The molecule has 0 bridgehead atoms. The van der Waals surface area contributed by atoms with Gasteiger partial charge in [-0.15, -0.1) is 0 Å². The maximum Gasteiger partial charge on any atom is 0.389 e. The largest absolute Gasteiger partial charge is 0.437 e. The molecule has 1 unspecified atom stereocenters. The number of furan rings is 1. The first-order chi connectivity index (χ1) is 22.4. The average molecular weight is 611 g/mol. The SMILES string of the molecule is [2H]c1nc(C(C)(NC(=O)c2cc(-c3cc4c(C(=O)NC)c(-c5ccc(C)cc5)oc4nc3CCC(F)(F)F)cnc2C)C([2H])([2H])[2H])no1. The zero-order valence-electron chi connectivity index (χ0n) is 28.0. The maximum atomic E-state index is 13.6. The second kappa shape index (κ2) is 11.5. The molecule has 10 nitrogen and oxygen atoms in total. The third kappa shape index (κ3) is 6.17. The molecule has 1 atom stereocenters. The first-order valence-corrected chi connectivity index (χ1v) is 13.3. The van der Waals surface area contributed by atoms with Crippen molar-refractivity contribution in [1.29, 1.82) is 0 Å². The highest BCUT2D eigenvalue weighted by Gasteiger charge is 2.31. The predicted octanol–water partition coefficient (Wildman–Crippen LogP) is 6.08. The Balaban J connectivity index is 1.67. The predicted molar refractivity (Wildman–Crippen MR) is 155 cm³/mol. The monoisotopic (exact) mass is 610 g/mol. The molecule has 5 rings (SSSR count). The summed E-state index contributed by atoms with van der Waals surface area (Å²) in [6, 6.07) is 9.92. The van der Waals surface area contributed by atoms with Crippen LogP contribution in [0.2, 0.25) is 0 Å². The van der Waals surface area contributed by atoms with Crippen LogP contribution in [-0.4, -0.2) is 45.1 Å². The van der Waals surface area contributed by atoms with Gasteiger partial charge in [-0.2, -0.15) is 18.2 Å². The molecule has 2 N–H and O–H groups in total. The molecule has 4 aromatic heterocycles. The molecule has 0 fully saturated rings. The number of benzene rings is 1. The number of carbonyl (C=O) groups excluding carboxylic acids is 2. The van der Waals surface area contributed by atoms with E-state index in [1.54, 1.807) is 12.1 Å². The van der Waals surface area contributed by atoms with Crippen molar-refractivity contribution in [2.45, 2.75) is 52.2 Å². The molecule has 13 heteroatoms. The minimum absolute atomic E-state index is 0.0356. The molecule has 5 aromatic rings. The number of carbonyl (C=O) groups is 2. The number of alkyl halides is 3. The lowest BCUT2D eigenvalue weighted by atomic mass is 9.97. The number of rotatable bonds is 8. The number of hydrogen-bond donors (Lipinski definition) is 2. The zero-order chi connectivity index (χ0) is 35.2. The van der Waals surface area contributed by atoms with Gasteiger partial charge < -0.3 is 19.6 Å². The van der Waals surface area contributed by atoms with E-state index >= 15 is 0 Å². The second-order valence-electron chi connectivity index (χ2n) is 10.3. The fraction of sp³-hybridized carbons (Fsp3) is 0.290. The van der Waals surface area contributed by atoms with Gasteiger partial charge in [0.05, 0.1) is 33.4 Å². The van der Waals surface area contributed by atoms with E-state index in [2.05, 4.69) is 35.3 Å². The van der Waals surface area contributed by atoms with E-state index < -0.39 is 55.4 Å². The summed E-state index contributed by atoms with van der Waals surface area (Å²) >= 11 is 0. The van der Waals surface area contributed by atoms with Gasteiger partial charge in [0.2, 0.25) is 12.1 Å². The Hall–Kier alpha value is -5.07. The minimum atomic E-state index is -4.53. The molecule has 228 valence electrons. The van der Waals surface area contributed by atoms with E-state index in [9.17, 15) is 22.8 Å². The number of hydrogen-bond acceptors (Lipinski definition) is 8. The molecule has 4 heterocycles. The zero-order valence-corrected chi connectivity index (χ0v) is 24.0. The van der Waals surface area contributed by atoms with Crippen molar-refractivity contribution in [1.82, 2.24) is 30.7 Å². The van der Waals surface area contributed by atoms with Crippen molar-refractivity contribution in [3.63, 3.8) is 0 Å². The fourth-order valence-corrected chi connectivity index (χ4v) is 4.63. The topological polar surface area (TPSA) is 136 Å². The molecule has 0 spiro atoms. The Labute approximate surface area is 255 Å². The van der Waals surface area contributed by atoms with Crippen LogP contribution in [0.15, 0.2) is 57.9 Å². The van der Waals surface area contributed by atoms with Crippen molar-refractivity contribution in [3.05, 3.63) is 82.9 Å². The smallest absolute Gasteiger partial charge is 0.389 e. The molecular weight excluding hydrogens is 577 g/mol. The lowest BCUT2D eigenvalue weighted by Gasteiger charge is -2.23. The van der Waals surface area contributed by atoms with Crippen LogP contribution in [0.4, 0.5) is 13.2 Å². The van der Waals surface area contributed by atoms with Crippen LogP contribution in [0.5, 0.6) is 0 Å². The highest BCUT2D eigenvalue weighted by Crippen LogP contribution is 2.37. The number of fused-ring (bicyclic) bond motifs is 1. The van der Waals surface area contributed by atoms with Crippen molar-refractivity contribution in [2.75, 3.05) is 7.05 Å². The average Bonchev–Trinajstić information content (AvgIpc) is 3.62. The second-order valence-corrected chi connectivity index (χ2v) is 10.3. The van der Waals surface area contributed by atoms with Gasteiger partial charge in [-0.3, -0.25) is 14.6 Å². The highest BCUT2D eigenvalue weighted by molar-refractivity contribution is 6.11. The van der Waals surface area contributed by atoms with Crippen LogP contribution in [0.25, 0.3) is 33.6 Å². The van der Waals surface area contributed by atoms with Crippen molar-refractivity contribution in [3.8, 4) is 22.5 Å². The molecule has 0 aliphatic carbocycles. The lowest BCUT2D eigenvalue weighted by molar-refractivity contribution is -0.134. The van der Waals surface area contributed by atoms with Crippen LogP contribution in [0, 0.1) is 13.8 Å². The van der Waals surface area contributed by atoms with E-state index in [-0.39, 0.29) is 50.5 Å². The maximum absolute atomic E-state index is 13.6. The highest BCUT2D eigenvalue weighted by atomic mass is 19.4. The summed E-state index contributed by atoms with van der Waals surface area (Å²) in [4.78, 5) is 39.2. The van der Waals surface area contributed by atoms with Gasteiger partial charge in [0.1, 0.15) is 7.13 Å². The molecule has 44 heavy (non-hydrogen) atoms. The summed E-state index contributed by atoms with van der Waals surface area (Å²) in [5.41, 5.74) is -0.325. The number of aromatic nitrogens is 4. The molecule has 2 amide bonds. The molecule has 0 aliphatic rings. The Kier molecular flexibility index (Phi) is 6.67. The number of aryl methyl sites for hydroxylation is 3. The van der Waals surface area contributed by atoms with Crippen LogP contribution in [-0.2, 0) is 12.0 Å². The first kappa shape index (κ1) is 25.4. The fourth-order valence-electron chi connectivity index (χ4n) is 4.63.